The molecule has 2 heterocycles. The minimum atomic E-state index is -3.33. The number of aliphatic hydroxyl groups excluding tert-OH is 1. The van der Waals surface area contributed by atoms with E-state index in [2.05, 4.69) is 30.5 Å². The van der Waals surface area contributed by atoms with E-state index >= 15 is 0 Å². The molecule has 2 aliphatic carbocycles. The number of aliphatic hydroxyl groups is 2. The van der Waals surface area contributed by atoms with E-state index in [4.69, 9.17) is 10.1 Å². The van der Waals surface area contributed by atoms with Gasteiger partial charge in [0.2, 0.25) is 6.35 Å². The van der Waals surface area contributed by atoms with Crippen molar-refractivity contribution in [2.24, 2.45) is 21.3 Å². The first kappa shape index (κ1) is 23.6. The second kappa shape index (κ2) is 8.36. The van der Waals surface area contributed by atoms with Gasteiger partial charge in [-0.25, -0.2) is 9.35 Å². The SMILES string of the molecule is CCc1c(C2[C@@H](C)[C@H]2C)nc2c(c1NC(O)N=S(N)(=O)c1cc(C(C)(C)O)cs1)CCC2. The van der Waals surface area contributed by atoms with E-state index < -0.39 is 21.9 Å². The summed E-state index contributed by atoms with van der Waals surface area (Å²) in [5.74, 6) is 1.64. The standard InChI is InChI=1S/C23H34N4O3S2/c1-6-15-20(16-8-7-9-17(16)25-21(15)19-12(2)13(19)3)26-22(28)27-32(24,30)18-10-14(11-31-18)23(4,5)29/h10-13,19,22,28-29H,6-9H2,1-5H3,(H,25,26)(H2,24,27,30)/t12-,13+,19?,22?,32?. The molecule has 5 N–H and O–H groups in total. The molecule has 176 valence electrons. The zero-order chi connectivity index (χ0) is 23.4. The number of thiophene rings is 1. The summed E-state index contributed by atoms with van der Waals surface area (Å²) < 4.78 is 17.5. The Balaban J connectivity index is 1.68. The van der Waals surface area contributed by atoms with E-state index in [9.17, 15) is 14.4 Å². The van der Waals surface area contributed by atoms with Gasteiger partial charge in [-0.1, -0.05) is 20.8 Å². The quantitative estimate of drug-likeness (QED) is 0.450. The summed E-state index contributed by atoms with van der Waals surface area (Å²) >= 11 is 1.17. The van der Waals surface area contributed by atoms with Crippen LogP contribution in [0.5, 0.6) is 0 Å². The van der Waals surface area contributed by atoms with E-state index in [1.807, 2.05) is 0 Å². The van der Waals surface area contributed by atoms with Crippen LogP contribution in [0, 0.1) is 11.8 Å². The normalized spacial score (nSPS) is 25.2. The third kappa shape index (κ3) is 4.33. The van der Waals surface area contributed by atoms with Crippen LogP contribution in [0.25, 0.3) is 0 Å². The lowest BCUT2D eigenvalue weighted by Gasteiger charge is -2.21. The van der Waals surface area contributed by atoms with Gasteiger partial charge < -0.3 is 15.5 Å². The van der Waals surface area contributed by atoms with Crippen LogP contribution in [-0.2, 0) is 34.8 Å². The van der Waals surface area contributed by atoms with Gasteiger partial charge in [0.05, 0.1) is 5.60 Å². The second-order valence-electron chi connectivity index (χ2n) is 9.63. The van der Waals surface area contributed by atoms with Crippen LogP contribution in [0.4, 0.5) is 5.69 Å². The van der Waals surface area contributed by atoms with Crippen molar-refractivity contribution in [2.45, 2.75) is 82.4 Å². The van der Waals surface area contributed by atoms with Gasteiger partial charge in [-0.15, -0.1) is 11.3 Å². The molecule has 2 aromatic heterocycles. The molecule has 1 saturated carbocycles. The first-order valence-corrected chi connectivity index (χ1v) is 13.7. The summed E-state index contributed by atoms with van der Waals surface area (Å²) in [7, 11) is -3.33. The van der Waals surface area contributed by atoms with Crippen molar-refractivity contribution >= 4 is 26.9 Å². The molecule has 0 bridgehead atoms. The molecule has 9 heteroatoms. The van der Waals surface area contributed by atoms with Crippen molar-refractivity contribution in [2.75, 3.05) is 5.32 Å². The van der Waals surface area contributed by atoms with Gasteiger partial charge in [-0.3, -0.25) is 4.98 Å². The number of aromatic nitrogens is 1. The highest BCUT2D eigenvalue weighted by atomic mass is 32.2. The zero-order valence-corrected chi connectivity index (χ0v) is 21.0. The number of nitrogens with one attached hydrogen (secondary N) is 1. The average Bonchev–Trinajstić information content (AvgIpc) is 3.16. The van der Waals surface area contributed by atoms with E-state index in [-0.39, 0.29) is 0 Å². The minimum Gasteiger partial charge on any atom is -0.386 e. The molecule has 32 heavy (non-hydrogen) atoms. The van der Waals surface area contributed by atoms with Gasteiger partial charge in [-0.2, -0.15) is 4.36 Å². The highest BCUT2D eigenvalue weighted by Crippen LogP contribution is 2.55. The number of hydrogen-bond acceptors (Lipinski definition) is 7. The minimum absolute atomic E-state index is 0.326. The smallest absolute Gasteiger partial charge is 0.233 e. The Labute approximate surface area is 194 Å². The number of fused-ring (bicyclic) bond motifs is 1. The topological polar surface area (TPSA) is 121 Å². The Morgan fingerprint density at radius 3 is 2.62 bits per heavy atom. The van der Waals surface area contributed by atoms with Crippen LogP contribution in [0.3, 0.4) is 0 Å². The van der Waals surface area contributed by atoms with Gasteiger partial charge in [0.1, 0.15) is 14.1 Å². The van der Waals surface area contributed by atoms with Crippen LogP contribution in [0.1, 0.15) is 75.0 Å². The molecule has 0 aliphatic heterocycles. The summed E-state index contributed by atoms with van der Waals surface area (Å²) in [4.78, 5) is 5.05. The molecule has 4 rings (SSSR count). The highest BCUT2D eigenvalue weighted by molar-refractivity contribution is 7.93. The summed E-state index contributed by atoms with van der Waals surface area (Å²) in [5, 5.41) is 31.8. The lowest BCUT2D eigenvalue weighted by atomic mass is 9.99. The first-order valence-electron chi connectivity index (χ1n) is 11.3. The third-order valence-corrected chi connectivity index (χ3v) is 9.88. The van der Waals surface area contributed by atoms with Gasteiger partial charge in [-0.05, 0) is 79.5 Å². The second-order valence-corrected chi connectivity index (χ2v) is 12.6. The van der Waals surface area contributed by atoms with Crippen molar-refractivity contribution in [1.82, 2.24) is 4.98 Å². The van der Waals surface area contributed by atoms with Crippen LogP contribution < -0.4 is 10.5 Å². The molecule has 2 aromatic rings. The molecule has 2 aliphatic rings. The lowest BCUT2D eigenvalue weighted by Crippen LogP contribution is -2.24. The number of rotatable bonds is 7. The van der Waals surface area contributed by atoms with E-state index in [1.165, 1.54) is 11.3 Å². The van der Waals surface area contributed by atoms with Gasteiger partial charge in [0.25, 0.3) is 0 Å². The Hall–Kier alpha value is -1.52. The summed E-state index contributed by atoms with van der Waals surface area (Å²) in [5.41, 5.74) is 4.90. The maximum absolute atomic E-state index is 13.1. The van der Waals surface area contributed by atoms with Gasteiger partial charge in [0.15, 0.2) is 0 Å². The maximum Gasteiger partial charge on any atom is 0.233 e. The maximum atomic E-state index is 13.1. The van der Waals surface area contributed by atoms with Crippen molar-refractivity contribution < 1.29 is 14.4 Å². The highest BCUT2D eigenvalue weighted by Gasteiger charge is 2.46. The Bertz CT molecular complexity index is 1140. The summed E-state index contributed by atoms with van der Waals surface area (Å²) in [6.07, 6.45) is 2.25. The lowest BCUT2D eigenvalue weighted by molar-refractivity contribution is 0.0789. The first-order chi connectivity index (χ1) is 14.9. The third-order valence-electron chi connectivity index (χ3n) is 6.95. The monoisotopic (exact) mass is 478 g/mol. The Kier molecular flexibility index (Phi) is 6.17. The number of hydrogen-bond donors (Lipinski definition) is 4. The summed E-state index contributed by atoms with van der Waals surface area (Å²) in [6.45, 7) is 9.92. The van der Waals surface area contributed by atoms with Crippen LogP contribution in [0.2, 0.25) is 0 Å². The van der Waals surface area contributed by atoms with Crippen LogP contribution in [0.15, 0.2) is 20.0 Å². The van der Waals surface area contributed by atoms with Crippen molar-refractivity contribution in [3.05, 3.63) is 39.5 Å². The molecule has 5 atom stereocenters. The molecule has 1 fully saturated rings. The fourth-order valence-corrected chi connectivity index (χ4v) is 7.13. The number of nitrogens with zero attached hydrogens (tertiary/aromatic N) is 2. The Morgan fingerprint density at radius 2 is 2.06 bits per heavy atom. The molecular weight excluding hydrogens is 444 g/mol. The van der Waals surface area contributed by atoms with Crippen molar-refractivity contribution in [1.29, 1.82) is 0 Å². The van der Waals surface area contributed by atoms with Gasteiger partial charge >= 0.3 is 0 Å². The fourth-order valence-electron chi connectivity index (χ4n) is 4.76. The number of pyridine rings is 1. The van der Waals surface area contributed by atoms with E-state index in [1.54, 1.807) is 25.3 Å². The molecule has 0 spiro atoms. The predicted octanol–water partition coefficient (Wildman–Crippen LogP) is 3.88. The summed E-state index contributed by atoms with van der Waals surface area (Å²) in [6, 6.07) is 1.60. The Morgan fingerprint density at radius 1 is 1.38 bits per heavy atom. The number of aryl methyl sites for hydroxylation is 1. The zero-order valence-electron chi connectivity index (χ0n) is 19.4. The molecule has 0 amide bonds. The largest absolute Gasteiger partial charge is 0.386 e. The van der Waals surface area contributed by atoms with Crippen LogP contribution in [-0.4, -0.2) is 25.8 Å². The van der Waals surface area contributed by atoms with E-state index in [0.29, 0.717) is 27.5 Å². The molecule has 0 radical (unpaired) electrons. The molecule has 0 aromatic carbocycles. The molecule has 3 unspecified atom stereocenters. The molecule has 7 nitrogen and oxygen atoms in total. The number of anilines is 1. The van der Waals surface area contributed by atoms with Gasteiger partial charge in [0, 0.05) is 23.0 Å². The number of nitrogens with two attached hydrogens (primary N) is 1. The molecular formula is C23H34N4O3S2. The predicted molar refractivity (Wildman–Crippen MR) is 129 cm³/mol. The average molecular weight is 479 g/mol. The molecule has 0 saturated heterocycles. The fraction of sp³-hybridized carbons (Fsp3) is 0.609. The van der Waals surface area contributed by atoms with Crippen molar-refractivity contribution in [3.8, 4) is 0 Å². The van der Waals surface area contributed by atoms with E-state index in [0.717, 1.165) is 53.9 Å². The van der Waals surface area contributed by atoms with Crippen LogP contribution >= 0.6 is 11.3 Å². The van der Waals surface area contributed by atoms with Crippen molar-refractivity contribution in [3.63, 3.8) is 0 Å².